The Morgan fingerprint density at radius 1 is 0.917 bits per heavy atom. The summed E-state index contributed by atoms with van der Waals surface area (Å²) < 4.78 is 89.5. The molecule has 13 heteroatoms. The predicted molar refractivity (Wildman–Crippen MR) is 126 cm³/mol. The molecule has 188 valence electrons. The fourth-order valence-electron chi connectivity index (χ4n) is 3.50. The number of aromatic nitrogens is 3. The molecule has 4 rings (SSSR count). The Morgan fingerprint density at radius 3 is 2.17 bits per heavy atom. The first-order valence-electron chi connectivity index (χ1n) is 10.4. The van der Waals surface area contributed by atoms with Gasteiger partial charge in [-0.15, -0.1) is 0 Å². The zero-order chi connectivity index (χ0) is 26.5. The summed E-state index contributed by atoms with van der Waals surface area (Å²) in [6.45, 7) is 1.39. The van der Waals surface area contributed by atoms with Crippen molar-refractivity contribution in [2.24, 2.45) is 0 Å². The molecule has 0 saturated carbocycles. The first-order valence-corrected chi connectivity index (χ1v) is 13.9. The largest absolute Gasteiger partial charge is 0.416 e. The maximum Gasteiger partial charge on any atom is 0.416 e. The SMILES string of the molecule is CCS(=O)(=O)c1cc(-c2ccc(S(C)(=O)=O)cc2)cnc1-n1ncc2ccc(C(F)(F)F)cc2c1=O. The zero-order valence-corrected chi connectivity index (χ0v) is 20.4. The summed E-state index contributed by atoms with van der Waals surface area (Å²) in [5.74, 6) is -0.712. The van der Waals surface area contributed by atoms with Crippen LogP contribution in [0.3, 0.4) is 0 Å². The highest BCUT2D eigenvalue weighted by atomic mass is 32.2. The van der Waals surface area contributed by atoms with Gasteiger partial charge in [-0.3, -0.25) is 4.79 Å². The van der Waals surface area contributed by atoms with E-state index in [0.717, 1.165) is 24.6 Å². The normalized spacial score (nSPS) is 12.7. The molecule has 36 heavy (non-hydrogen) atoms. The Balaban J connectivity index is 1.93. The van der Waals surface area contributed by atoms with Crippen LogP contribution < -0.4 is 5.56 Å². The van der Waals surface area contributed by atoms with Crippen molar-refractivity contribution in [1.29, 1.82) is 0 Å². The van der Waals surface area contributed by atoms with Crippen LogP contribution in [0.1, 0.15) is 12.5 Å². The van der Waals surface area contributed by atoms with E-state index in [1.165, 1.54) is 43.5 Å². The molecule has 0 spiro atoms. The van der Waals surface area contributed by atoms with E-state index >= 15 is 0 Å². The maximum atomic E-state index is 13.2. The summed E-state index contributed by atoms with van der Waals surface area (Å²) in [7, 11) is -7.42. The molecule has 0 bridgehead atoms. The quantitative estimate of drug-likeness (QED) is 0.381. The lowest BCUT2D eigenvalue weighted by Crippen LogP contribution is -2.25. The molecular weight excluding hydrogens is 519 g/mol. The van der Waals surface area contributed by atoms with Crippen LogP contribution in [-0.2, 0) is 25.9 Å². The first kappa shape index (κ1) is 25.5. The summed E-state index contributed by atoms with van der Waals surface area (Å²) in [4.78, 5) is 17.0. The molecule has 8 nitrogen and oxygen atoms in total. The van der Waals surface area contributed by atoms with Gasteiger partial charge in [0.05, 0.1) is 27.8 Å². The van der Waals surface area contributed by atoms with Gasteiger partial charge < -0.3 is 0 Å². The highest BCUT2D eigenvalue weighted by Crippen LogP contribution is 2.31. The van der Waals surface area contributed by atoms with Crippen molar-refractivity contribution in [2.75, 3.05) is 12.0 Å². The van der Waals surface area contributed by atoms with Crippen molar-refractivity contribution in [3.8, 4) is 16.9 Å². The minimum atomic E-state index is -4.68. The van der Waals surface area contributed by atoms with Crippen molar-refractivity contribution in [2.45, 2.75) is 22.9 Å². The van der Waals surface area contributed by atoms with E-state index < -0.39 is 37.0 Å². The average Bonchev–Trinajstić information content (AvgIpc) is 2.83. The fraction of sp³-hybridized carbons (Fsp3) is 0.174. The number of pyridine rings is 1. The van der Waals surface area contributed by atoms with Gasteiger partial charge in [0.1, 0.15) is 4.90 Å². The van der Waals surface area contributed by atoms with Crippen molar-refractivity contribution >= 4 is 30.4 Å². The molecular formula is C23H18F3N3O5S2. The van der Waals surface area contributed by atoms with E-state index in [2.05, 4.69) is 10.1 Å². The van der Waals surface area contributed by atoms with Gasteiger partial charge in [-0.25, -0.2) is 21.8 Å². The van der Waals surface area contributed by atoms with E-state index in [-0.39, 0.29) is 32.1 Å². The molecule has 0 radical (unpaired) electrons. The standard InChI is InChI=1S/C23H18F3N3O5S2/c1-3-36(33,34)20-10-16(14-5-8-18(9-6-14)35(2,31)32)12-27-21(20)29-22(30)19-11-17(23(24,25)26)7-4-15(19)13-28-29/h4-13H,3H2,1-2H3. The van der Waals surface area contributed by atoms with Gasteiger partial charge in [-0.05, 0) is 35.9 Å². The number of nitrogens with zero attached hydrogens (tertiary/aromatic N) is 3. The number of fused-ring (bicyclic) bond motifs is 1. The van der Waals surface area contributed by atoms with Gasteiger partial charge >= 0.3 is 6.18 Å². The van der Waals surface area contributed by atoms with Crippen LogP contribution in [0.2, 0.25) is 0 Å². The van der Waals surface area contributed by atoms with Crippen LogP contribution in [0.4, 0.5) is 13.2 Å². The minimum absolute atomic E-state index is 0.0716. The van der Waals surface area contributed by atoms with Crippen LogP contribution in [0.25, 0.3) is 27.7 Å². The van der Waals surface area contributed by atoms with Crippen LogP contribution >= 0.6 is 0 Å². The van der Waals surface area contributed by atoms with Gasteiger partial charge in [-0.2, -0.15) is 23.0 Å². The molecule has 0 N–H and O–H groups in total. The minimum Gasteiger partial charge on any atom is -0.267 e. The number of hydrogen-bond donors (Lipinski definition) is 0. The molecule has 0 aliphatic rings. The Labute approximate surface area is 203 Å². The third-order valence-corrected chi connectivity index (χ3v) is 8.34. The molecule has 2 aromatic carbocycles. The molecule has 0 aliphatic carbocycles. The number of sulfone groups is 2. The fourth-order valence-corrected chi connectivity index (χ4v) is 5.17. The van der Waals surface area contributed by atoms with Crippen molar-refractivity contribution in [1.82, 2.24) is 14.8 Å². The van der Waals surface area contributed by atoms with E-state index in [1.807, 2.05) is 0 Å². The monoisotopic (exact) mass is 537 g/mol. The Kier molecular flexibility index (Phi) is 6.25. The number of hydrogen-bond acceptors (Lipinski definition) is 7. The zero-order valence-electron chi connectivity index (χ0n) is 18.8. The molecule has 0 fully saturated rings. The number of halogens is 3. The van der Waals surface area contributed by atoms with Gasteiger partial charge in [0.2, 0.25) is 0 Å². The predicted octanol–water partition coefficient (Wildman–Crippen LogP) is 3.66. The second-order valence-corrected chi connectivity index (χ2v) is 12.2. The van der Waals surface area contributed by atoms with E-state index in [1.54, 1.807) is 0 Å². The lowest BCUT2D eigenvalue weighted by molar-refractivity contribution is -0.137. The average molecular weight is 538 g/mol. The van der Waals surface area contributed by atoms with Crippen molar-refractivity contribution in [3.05, 3.63) is 76.8 Å². The molecule has 0 atom stereocenters. The smallest absolute Gasteiger partial charge is 0.267 e. The highest BCUT2D eigenvalue weighted by molar-refractivity contribution is 7.91. The lowest BCUT2D eigenvalue weighted by Gasteiger charge is -2.13. The molecule has 0 amide bonds. The van der Waals surface area contributed by atoms with Gasteiger partial charge in [0, 0.05) is 23.4 Å². The number of alkyl halides is 3. The highest BCUT2D eigenvalue weighted by Gasteiger charge is 2.31. The van der Waals surface area contributed by atoms with Crippen LogP contribution in [-0.4, -0.2) is 43.6 Å². The summed E-state index contributed by atoms with van der Waals surface area (Å²) in [6.07, 6.45) is -1.21. The van der Waals surface area contributed by atoms with Crippen LogP contribution in [0, 0.1) is 0 Å². The van der Waals surface area contributed by atoms with E-state index in [0.29, 0.717) is 21.9 Å². The van der Waals surface area contributed by atoms with E-state index in [4.69, 9.17) is 0 Å². The Morgan fingerprint density at radius 2 is 1.58 bits per heavy atom. The van der Waals surface area contributed by atoms with Crippen LogP contribution in [0.5, 0.6) is 0 Å². The third kappa shape index (κ3) is 4.75. The maximum absolute atomic E-state index is 13.2. The van der Waals surface area contributed by atoms with Crippen molar-refractivity contribution < 1.29 is 30.0 Å². The van der Waals surface area contributed by atoms with Crippen LogP contribution in [0.15, 0.2) is 75.5 Å². The Bertz CT molecular complexity index is 1760. The molecule has 0 aliphatic heterocycles. The number of benzene rings is 2. The molecule has 2 aromatic heterocycles. The van der Waals surface area contributed by atoms with Crippen molar-refractivity contribution in [3.63, 3.8) is 0 Å². The summed E-state index contributed by atoms with van der Waals surface area (Å²) in [5, 5.41) is 3.79. The molecule has 0 unspecified atom stereocenters. The molecule has 0 saturated heterocycles. The first-order chi connectivity index (χ1) is 16.7. The summed E-state index contributed by atoms with van der Waals surface area (Å²) in [5.41, 5.74) is -1.22. The van der Waals surface area contributed by atoms with Gasteiger partial charge in [-0.1, -0.05) is 25.1 Å². The second-order valence-electron chi connectivity index (χ2n) is 7.91. The van der Waals surface area contributed by atoms with E-state index in [9.17, 15) is 34.8 Å². The topological polar surface area (TPSA) is 116 Å². The third-order valence-electron chi connectivity index (χ3n) is 5.48. The van der Waals surface area contributed by atoms with Gasteiger partial charge in [0.25, 0.3) is 5.56 Å². The second kappa shape index (κ2) is 8.82. The Hall–Kier alpha value is -3.58. The van der Waals surface area contributed by atoms with Gasteiger partial charge in [0.15, 0.2) is 25.5 Å². The number of rotatable bonds is 5. The molecule has 4 aromatic rings. The summed E-state index contributed by atoms with van der Waals surface area (Å²) >= 11 is 0. The lowest BCUT2D eigenvalue weighted by atomic mass is 10.1. The summed E-state index contributed by atoms with van der Waals surface area (Å²) in [6, 6.07) is 9.56. The molecule has 2 heterocycles.